The van der Waals surface area contributed by atoms with Gasteiger partial charge >= 0.3 is 0 Å². The van der Waals surface area contributed by atoms with E-state index >= 15 is 0 Å². The summed E-state index contributed by atoms with van der Waals surface area (Å²) < 4.78 is 0. The van der Waals surface area contributed by atoms with E-state index in [4.69, 9.17) is 0 Å². The fourth-order valence-corrected chi connectivity index (χ4v) is 2.62. The molecule has 2 atom stereocenters. The number of fused-ring (bicyclic) bond motifs is 1. The lowest BCUT2D eigenvalue weighted by Gasteiger charge is -2.38. The molecule has 1 fully saturated rings. The van der Waals surface area contributed by atoms with E-state index in [1.807, 2.05) is 6.20 Å². The lowest BCUT2D eigenvalue weighted by atomic mass is 9.71. The summed E-state index contributed by atoms with van der Waals surface area (Å²) in [4.78, 5) is 0. The maximum Gasteiger partial charge on any atom is 0.0826 e. The third-order valence-electron chi connectivity index (χ3n) is 3.39. The molecule has 0 bridgehead atoms. The molecule has 0 radical (unpaired) electrons. The van der Waals surface area contributed by atoms with Gasteiger partial charge in [0.2, 0.25) is 0 Å². The van der Waals surface area contributed by atoms with Crippen LogP contribution in [-0.4, -0.2) is 6.04 Å². The van der Waals surface area contributed by atoms with E-state index in [0.29, 0.717) is 12.0 Å². The topological polar surface area (TPSA) is 24.7 Å². The van der Waals surface area contributed by atoms with Crippen LogP contribution in [0.2, 0.25) is 0 Å². The Bertz CT molecular complexity index is 271. The Labute approximate surface area is 86.5 Å². The summed E-state index contributed by atoms with van der Waals surface area (Å²) in [7, 11) is 0. The summed E-state index contributed by atoms with van der Waals surface area (Å²) in [6.45, 7) is 6.82. The number of nitrogens with zero attached hydrogens (tertiary/aromatic N) is 2. The van der Waals surface area contributed by atoms with Crippen molar-refractivity contribution in [2.75, 3.05) is 0 Å². The highest BCUT2D eigenvalue weighted by atomic mass is 15.1. The largest absolute Gasteiger partial charge is 0.185 e. The fourth-order valence-electron chi connectivity index (χ4n) is 2.62. The minimum atomic E-state index is 0.255. The van der Waals surface area contributed by atoms with Crippen molar-refractivity contribution in [3.63, 3.8) is 0 Å². The summed E-state index contributed by atoms with van der Waals surface area (Å²) in [6, 6.07) is 0.405. The Balaban J connectivity index is 2.21. The van der Waals surface area contributed by atoms with E-state index in [1.54, 1.807) is 5.57 Å². The lowest BCUT2D eigenvalue weighted by Crippen LogP contribution is -2.35. The van der Waals surface area contributed by atoms with E-state index in [9.17, 15) is 0 Å². The van der Waals surface area contributed by atoms with Crippen LogP contribution in [0.5, 0.6) is 0 Å². The molecule has 1 heterocycles. The highest BCUT2D eigenvalue weighted by molar-refractivity contribution is 5.15. The summed E-state index contributed by atoms with van der Waals surface area (Å²) in [6.07, 6.45) is 7.27. The van der Waals surface area contributed by atoms with Crippen molar-refractivity contribution < 1.29 is 0 Å². The first-order chi connectivity index (χ1) is 6.59. The molecule has 2 aliphatic rings. The van der Waals surface area contributed by atoms with E-state index < -0.39 is 0 Å². The van der Waals surface area contributed by atoms with E-state index in [-0.39, 0.29) is 5.41 Å². The summed E-state index contributed by atoms with van der Waals surface area (Å²) in [5, 5.41) is 8.61. The normalized spacial score (nSPS) is 32.4. The van der Waals surface area contributed by atoms with Crippen molar-refractivity contribution in [3.05, 3.63) is 11.8 Å². The molecule has 1 unspecified atom stereocenters. The minimum Gasteiger partial charge on any atom is -0.185 e. The first kappa shape index (κ1) is 9.88. The predicted octanol–water partition coefficient (Wildman–Crippen LogP) is 3.94. The third-order valence-corrected chi connectivity index (χ3v) is 3.39. The van der Waals surface area contributed by atoms with Crippen LogP contribution in [0.1, 0.15) is 46.5 Å². The molecule has 1 saturated carbocycles. The molecule has 2 nitrogen and oxygen atoms in total. The number of azo groups is 1. The molecule has 14 heavy (non-hydrogen) atoms. The SMILES string of the molecule is CC(C)(C)C1N=NC=C2CCCC[C@H]21. The average Bonchev–Trinajstić information content (AvgIpc) is 2.15. The van der Waals surface area contributed by atoms with Crippen molar-refractivity contribution >= 4 is 0 Å². The monoisotopic (exact) mass is 192 g/mol. The van der Waals surface area contributed by atoms with Gasteiger partial charge in [0.15, 0.2) is 0 Å². The molecule has 1 aliphatic carbocycles. The summed E-state index contributed by atoms with van der Waals surface area (Å²) in [5.74, 6) is 0.682. The zero-order valence-electron chi connectivity index (χ0n) is 9.45. The maximum absolute atomic E-state index is 4.43. The lowest BCUT2D eigenvalue weighted by molar-refractivity contribution is 0.221. The smallest absolute Gasteiger partial charge is 0.0826 e. The Hall–Kier alpha value is -0.660. The van der Waals surface area contributed by atoms with Crippen LogP contribution in [0.25, 0.3) is 0 Å². The third kappa shape index (κ3) is 1.75. The quantitative estimate of drug-likeness (QED) is 0.555. The van der Waals surface area contributed by atoms with E-state index in [0.717, 1.165) is 0 Å². The highest BCUT2D eigenvalue weighted by Crippen LogP contribution is 2.41. The second-order valence-electron chi connectivity index (χ2n) is 5.60. The summed E-state index contributed by atoms with van der Waals surface area (Å²) in [5.41, 5.74) is 1.80. The Morgan fingerprint density at radius 1 is 1.29 bits per heavy atom. The van der Waals surface area contributed by atoms with Gasteiger partial charge in [-0.05, 0) is 30.3 Å². The van der Waals surface area contributed by atoms with Crippen molar-refractivity contribution in [1.82, 2.24) is 0 Å². The fraction of sp³-hybridized carbons (Fsp3) is 0.833. The second-order valence-corrected chi connectivity index (χ2v) is 5.60. The molecule has 1 aliphatic heterocycles. The van der Waals surface area contributed by atoms with Crippen LogP contribution in [0.4, 0.5) is 0 Å². The molecule has 0 saturated heterocycles. The van der Waals surface area contributed by atoms with Crippen LogP contribution < -0.4 is 0 Å². The molecule has 0 spiro atoms. The number of hydrogen-bond donors (Lipinski definition) is 0. The van der Waals surface area contributed by atoms with Gasteiger partial charge in [-0.25, -0.2) is 0 Å². The average molecular weight is 192 g/mol. The molecule has 2 heteroatoms. The van der Waals surface area contributed by atoms with Crippen molar-refractivity contribution in [3.8, 4) is 0 Å². The highest BCUT2D eigenvalue weighted by Gasteiger charge is 2.36. The minimum absolute atomic E-state index is 0.255. The van der Waals surface area contributed by atoms with E-state index in [1.165, 1.54) is 25.7 Å². The molecule has 0 aromatic heterocycles. The Morgan fingerprint density at radius 2 is 2.07 bits per heavy atom. The molecule has 2 rings (SSSR count). The van der Waals surface area contributed by atoms with Crippen LogP contribution in [-0.2, 0) is 0 Å². The van der Waals surface area contributed by atoms with Crippen LogP contribution in [0.15, 0.2) is 22.0 Å². The van der Waals surface area contributed by atoms with Gasteiger partial charge < -0.3 is 0 Å². The first-order valence-corrected chi connectivity index (χ1v) is 5.68. The zero-order valence-corrected chi connectivity index (χ0v) is 9.45. The zero-order chi connectivity index (χ0) is 10.2. The van der Waals surface area contributed by atoms with Gasteiger partial charge in [-0.15, -0.1) is 0 Å². The molecule has 0 N–H and O–H groups in total. The molecule has 0 aromatic rings. The first-order valence-electron chi connectivity index (χ1n) is 5.68. The van der Waals surface area contributed by atoms with Crippen LogP contribution in [0.3, 0.4) is 0 Å². The second kappa shape index (κ2) is 3.48. The molecule has 78 valence electrons. The van der Waals surface area contributed by atoms with Crippen molar-refractivity contribution in [1.29, 1.82) is 0 Å². The van der Waals surface area contributed by atoms with Gasteiger partial charge in [0.05, 0.1) is 6.04 Å². The van der Waals surface area contributed by atoms with Crippen LogP contribution >= 0.6 is 0 Å². The summed E-state index contributed by atoms with van der Waals surface area (Å²) >= 11 is 0. The Kier molecular flexibility index (Phi) is 2.46. The molecule has 0 aromatic carbocycles. The van der Waals surface area contributed by atoms with Gasteiger partial charge in [-0.2, -0.15) is 10.2 Å². The number of rotatable bonds is 0. The van der Waals surface area contributed by atoms with Gasteiger partial charge in [-0.1, -0.05) is 27.2 Å². The van der Waals surface area contributed by atoms with E-state index in [2.05, 4.69) is 31.0 Å². The van der Waals surface area contributed by atoms with Crippen molar-refractivity contribution in [2.45, 2.75) is 52.5 Å². The maximum atomic E-state index is 4.43. The molecular weight excluding hydrogens is 172 g/mol. The van der Waals surface area contributed by atoms with Gasteiger partial charge in [0.25, 0.3) is 0 Å². The van der Waals surface area contributed by atoms with Crippen molar-refractivity contribution in [2.24, 2.45) is 21.6 Å². The standard InChI is InChI=1S/C12H20N2/c1-12(2,3)11-10-7-5-4-6-9(10)8-13-14-11/h8,10-11H,4-7H2,1-3H3/t10-,11?/m1/s1. The van der Waals surface area contributed by atoms with Gasteiger partial charge in [0, 0.05) is 12.1 Å². The van der Waals surface area contributed by atoms with Crippen LogP contribution in [0, 0.1) is 11.3 Å². The predicted molar refractivity (Wildman–Crippen MR) is 58.1 cm³/mol. The van der Waals surface area contributed by atoms with Gasteiger partial charge in [0.1, 0.15) is 0 Å². The Morgan fingerprint density at radius 3 is 2.79 bits per heavy atom. The van der Waals surface area contributed by atoms with Gasteiger partial charge in [-0.3, -0.25) is 0 Å². The number of hydrogen-bond acceptors (Lipinski definition) is 2. The molecular formula is C12H20N2. The molecule has 0 amide bonds.